The van der Waals surface area contributed by atoms with Crippen LogP contribution < -0.4 is 4.74 Å². The number of hydrogen-bond donors (Lipinski definition) is 1. The van der Waals surface area contributed by atoms with Gasteiger partial charge in [0.25, 0.3) is 0 Å². The van der Waals surface area contributed by atoms with Gasteiger partial charge in [0.1, 0.15) is 11.6 Å². The zero-order chi connectivity index (χ0) is 16.9. The van der Waals surface area contributed by atoms with Crippen LogP contribution in [-0.2, 0) is 4.79 Å². The molecule has 1 N–H and O–H groups in total. The summed E-state index contributed by atoms with van der Waals surface area (Å²) in [5.41, 5.74) is 0.838. The molecule has 2 atom stereocenters. The summed E-state index contributed by atoms with van der Waals surface area (Å²) in [6.07, 6.45) is 0.148. The quantitative estimate of drug-likeness (QED) is 0.917. The highest BCUT2D eigenvalue weighted by atomic mass is 19.1. The SMILES string of the molecule is O=C(CCOc1ccccc1)N1CC(O)CC1c1ccc(F)cc1. The van der Waals surface area contributed by atoms with Crippen molar-refractivity contribution in [1.29, 1.82) is 0 Å². The van der Waals surface area contributed by atoms with Crippen molar-refractivity contribution >= 4 is 5.91 Å². The lowest BCUT2D eigenvalue weighted by Crippen LogP contribution is -2.32. The number of carbonyl (C=O) groups excluding carboxylic acids is 1. The van der Waals surface area contributed by atoms with E-state index in [1.807, 2.05) is 30.3 Å². The Morgan fingerprint density at radius 3 is 2.58 bits per heavy atom. The zero-order valence-electron chi connectivity index (χ0n) is 13.3. The minimum Gasteiger partial charge on any atom is -0.493 e. The van der Waals surface area contributed by atoms with Crippen molar-refractivity contribution in [1.82, 2.24) is 4.90 Å². The van der Waals surface area contributed by atoms with Gasteiger partial charge in [0, 0.05) is 6.54 Å². The van der Waals surface area contributed by atoms with Crippen LogP contribution in [0.3, 0.4) is 0 Å². The number of aliphatic hydroxyl groups is 1. The molecule has 1 aliphatic heterocycles. The molecule has 24 heavy (non-hydrogen) atoms. The second kappa shape index (κ2) is 7.45. The smallest absolute Gasteiger partial charge is 0.226 e. The predicted octanol–water partition coefficient (Wildman–Crippen LogP) is 2.93. The first kappa shape index (κ1) is 16.5. The Labute approximate surface area is 140 Å². The van der Waals surface area contributed by atoms with Crippen molar-refractivity contribution in [3.05, 3.63) is 66.0 Å². The monoisotopic (exact) mass is 329 g/mol. The van der Waals surface area contributed by atoms with E-state index < -0.39 is 6.10 Å². The van der Waals surface area contributed by atoms with Gasteiger partial charge in [-0.15, -0.1) is 0 Å². The molecule has 4 nitrogen and oxygen atoms in total. The molecule has 1 amide bonds. The molecule has 5 heteroatoms. The van der Waals surface area contributed by atoms with Crippen LogP contribution in [0, 0.1) is 5.82 Å². The molecule has 3 rings (SSSR count). The van der Waals surface area contributed by atoms with Crippen LogP contribution in [0.2, 0.25) is 0 Å². The highest BCUT2D eigenvalue weighted by Gasteiger charge is 2.34. The molecule has 1 heterocycles. The molecule has 2 aromatic rings. The highest BCUT2D eigenvalue weighted by Crippen LogP contribution is 2.32. The first-order valence-corrected chi connectivity index (χ1v) is 8.04. The maximum absolute atomic E-state index is 13.1. The third-order valence-corrected chi connectivity index (χ3v) is 4.18. The molecule has 1 saturated heterocycles. The van der Waals surface area contributed by atoms with E-state index >= 15 is 0 Å². The Balaban J connectivity index is 1.60. The Bertz CT molecular complexity index is 675. The lowest BCUT2D eigenvalue weighted by atomic mass is 10.0. The predicted molar refractivity (Wildman–Crippen MR) is 88.0 cm³/mol. The summed E-state index contributed by atoms with van der Waals surface area (Å²) in [4.78, 5) is 14.2. The number of rotatable bonds is 5. The third kappa shape index (κ3) is 3.92. The fourth-order valence-electron chi connectivity index (χ4n) is 3.01. The molecule has 1 fully saturated rings. The Morgan fingerprint density at radius 2 is 1.88 bits per heavy atom. The van der Waals surface area contributed by atoms with Crippen LogP contribution in [0.4, 0.5) is 4.39 Å². The lowest BCUT2D eigenvalue weighted by Gasteiger charge is -2.25. The summed E-state index contributed by atoms with van der Waals surface area (Å²) in [5, 5.41) is 9.94. The number of nitrogens with zero attached hydrogens (tertiary/aromatic N) is 1. The van der Waals surface area contributed by atoms with Crippen LogP contribution in [-0.4, -0.2) is 35.2 Å². The van der Waals surface area contributed by atoms with Crippen LogP contribution in [0.25, 0.3) is 0 Å². The number of benzene rings is 2. The number of ether oxygens (including phenoxy) is 1. The van der Waals surface area contributed by atoms with Gasteiger partial charge >= 0.3 is 0 Å². The van der Waals surface area contributed by atoms with Crippen LogP contribution in [0.15, 0.2) is 54.6 Å². The number of β-amino-alcohol motifs (C(OH)–C–C–N with tert-alkyl or cyclic N) is 1. The van der Waals surface area contributed by atoms with Crippen molar-refractivity contribution < 1.29 is 19.0 Å². The van der Waals surface area contributed by atoms with Crippen molar-refractivity contribution in [3.8, 4) is 5.75 Å². The fourth-order valence-corrected chi connectivity index (χ4v) is 3.01. The second-order valence-corrected chi connectivity index (χ2v) is 5.91. The van der Waals surface area contributed by atoms with Gasteiger partial charge in [-0.2, -0.15) is 0 Å². The molecule has 0 radical (unpaired) electrons. The average molecular weight is 329 g/mol. The second-order valence-electron chi connectivity index (χ2n) is 5.91. The summed E-state index contributed by atoms with van der Waals surface area (Å²) in [7, 11) is 0. The van der Waals surface area contributed by atoms with Crippen molar-refractivity contribution in [3.63, 3.8) is 0 Å². The molecule has 2 aromatic carbocycles. The van der Waals surface area contributed by atoms with Crippen LogP contribution in [0.5, 0.6) is 5.75 Å². The number of aliphatic hydroxyl groups excluding tert-OH is 1. The molecule has 126 valence electrons. The fraction of sp³-hybridized carbons (Fsp3) is 0.316. The number of halogens is 1. The van der Waals surface area contributed by atoms with Crippen molar-refractivity contribution in [2.24, 2.45) is 0 Å². The van der Waals surface area contributed by atoms with E-state index in [-0.39, 0.29) is 30.8 Å². The Hall–Kier alpha value is -2.40. The Morgan fingerprint density at radius 1 is 1.17 bits per heavy atom. The minimum atomic E-state index is -0.556. The van der Waals surface area contributed by atoms with Gasteiger partial charge < -0.3 is 14.7 Å². The van der Waals surface area contributed by atoms with E-state index in [9.17, 15) is 14.3 Å². The first-order chi connectivity index (χ1) is 11.6. The molecule has 0 aromatic heterocycles. The molecular weight excluding hydrogens is 309 g/mol. The number of amides is 1. The van der Waals surface area contributed by atoms with E-state index in [0.717, 1.165) is 11.3 Å². The molecular formula is C19H20FNO3. The minimum absolute atomic E-state index is 0.0724. The molecule has 2 unspecified atom stereocenters. The summed E-state index contributed by atoms with van der Waals surface area (Å²) >= 11 is 0. The summed E-state index contributed by atoms with van der Waals surface area (Å²) in [6.45, 7) is 0.581. The van der Waals surface area contributed by atoms with Crippen LogP contribution in [0.1, 0.15) is 24.4 Å². The first-order valence-electron chi connectivity index (χ1n) is 8.04. The molecule has 0 saturated carbocycles. The van der Waals surface area contributed by atoms with Crippen LogP contribution >= 0.6 is 0 Å². The van der Waals surface area contributed by atoms with Gasteiger partial charge in [-0.05, 0) is 36.2 Å². The normalized spacial score (nSPS) is 20.2. The Kier molecular flexibility index (Phi) is 5.11. The van der Waals surface area contributed by atoms with E-state index in [4.69, 9.17) is 4.74 Å². The van der Waals surface area contributed by atoms with E-state index in [2.05, 4.69) is 0 Å². The summed E-state index contributed by atoms with van der Waals surface area (Å²) < 4.78 is 18.6. The van der Waals surface area contributed by atoms with E-state index in [1.54, 1.807) is 17.0 Å². The molecule has 0 bridgehead atoms. The maximum atomic E-state index is 13.1. The number of carbonyl (C=O) groups is 1. The van der Waals surface area contributed by atoms with E-state index in [1.165, 1.54) is 12.1 Å². The van der Waals surface area contributed by atoms with Gasteiger partial charge in [0.2, 0.25) is 5.91 Å². The number of para-hydroxylation sites is 1. The van der Waals surface area contributed by atoms with Gasteiger partial charge in [0.15, 0.2) is 0 Å². The largest absolute Gasteiger partial charge is 0.493 e. The summed E-state index contributed by atoms with van der Waals surface area (Å²) in [5.74, 6) is 0.338. The zero-order valence-corrected chi connectivity index (χ0v) is 13.3. The average Bonchev–Trinajstić information content (AvgIpc) is 2.98. The topological polar surface area (TPSA) is 49.8 Å². The lowest BCUT2D eigenvalue weighted by molar-refractivity contribution is -0.133. The standard InChI is InChI=1S/C19H20FNO3/c20-15-8-6-14(7-9-15)18-12-16(22)13-21(18)19(23)10-11-24-17-4-2-1-3-5-17/h1-9,16,18,22H,10-13H2. The van der Waals surface area contributed by atoms with Crippen molar-refractivity contribution in [2.45, 2.75) is 25.0 Å². The van der Waals surface area contributed by atoms with Gasteiger partial charge in [0.05, 0.1) is 25.2 Å². The summed E-state index contributed by atoms with van der Waals surface area (Å²) in [6, 6.07) is 15.2. The molecule has 1 aliphatic rings. The van der Waals surface area contributed by atoms with E-state index in [0.29, 0.717) is 13.0 Å². The maximum Gasteiger partial charge on any atom is 0.226 e. The van der Waals surface area contributed by atoms with Gasteiger partial charge in [-0.1, -0.05) is 30.3 Å². The molecule has 0 aliphatic carbocycles. The van der Waals surface area contributed by atoms with Gasteiger partial charge in [-0.25, -0.2) is 4.39 Å². The third-order valence-electron chi connectivity index (χ3n) is 4.18. The number of hydrogen-bond acceptors (Lipinski definition) is 3. The number of likely N-dealkylation sites (tertiary alicyclic amines) is 1. The van der Waals surface area contributed by atoms with Crippen molar-refractivity contribution in [2.75, 3.05) is 13.2 Å². The highest BCUT2D eigenvalue weighted by molar-refractivity contribution is 5.77. The molecule has 0 spiro atoms. The van der Waals surface area contributed by atoms with Gasteiger partial charge in [-0.3, -0.25) is 4.79 Å².